The summed E-state index contributed by atoms with van der Waals surface area (Å²) in [5.74, 6) is -1.03. The largest absolute Gasteiger partial charge is 0.454 e. The highest BCUT2D eigenvalue weighted by molar-refractivity contribution is 7.97. The minimum absolute atomic E-state index is 0.0542. The van der Waals surface area contributed by atoms with Crippen LogP contribution in [0.2, 0.25) is 0 Å². The van der Waals surface area contributed by atoms with Crippen LogP contribution in [-0.2, 0) is 13.6 Å². The van der Waals surface area contributed by atoms with E-state index in [0.29, 0.717) is 5.75 Å². The maximum atomic E-state index is 14.1. The predicted octanol–water partition coefficient (Wildman–Crippen LogP) is 4.58. The molecule has 0 saturated carbocycles. The minimum atomic E-state index is -0.770. The van der Waals surface area contributed by atoms with Gasteiger partial charge in [0.25, 0.3) is 0 Å². The topological polar surface area (TPSA) is 34.5 Å². The molecule has 0 spiro atoms. The Balaban J connectivity index is 1.85. The van der Waals surface area contributed by atoms with E-state index in [1.54, 1.807) is 31.3 Å². The van der Waals surface area contributed by atoms with Crippen LogP contribution in [0.4, 0.5) is 8.78 Å². The summed E-state index contributed by atoms with van der Waals surface area (Å²) in [4.78, 5) is 12.8. The zero-order chi connectivity index (χ0) is 19.1. The molecule has 27 heavy (non-hydrogen) atoms. The third-order valence-corrected chi connectivity index (χ3v) is 5.34. The summed E-state index contributed by atoms with van der Waals surface area (Å²) in [6, 6.07) is 10.2. The molecule has 0 saturated heterocycles. The molecule has 0 atom stereocenters. The van der Waals surface area contributed by atoms with E-state index in [1.165, 1.54) is 16.7 Å². The Bertz CT molecular complexity index is 1100. The van der Waals surface area contributed by atoms with Crippen molar-refractivity contribution in [2.75, 3.05) is 7.05 Å². The molecule has 7 heteroatoms. The minimum Gasteiger partial charge on any atom is -0.454 e. The molecule has 0 unspecified atom stereocenters. The lowest BCUT2D eigenvalue weighted by Gasteiger charge is -2.14. The van der Waals surface area contributed by atoms with Gasteiger partial charge in [-0.1, -0.05) is 0 Å². The van der Waals surface area contributed by atoms with E-state index in [0.717, 1.165) is 40.3 Å². The van der Waals surface area contributed by atoms with Gasteiger partial charge in [0.05, 0.1) is 0 Å². The summed E-state index contributed by atoms with van der Waals surface area (Å²) < 4.78 is 36.7. The van der Waals surface area contributed by atoms with Crippen LogP contribution in [0.3, 0.4) is 0 Å². The molecule has 4 nitrogen and oxygen atoms in total. The van der Waals surface area contributed by atoms with Crippen LogP contribution in [0.1, 0.15) is 5.56 Å². The molecule has 0 N–H and O–H groups in total. The summed E-state index contributed by atoms with van der Waals surface area (Å²) in [5.41, 5.74) is 2.44. The first kappa shape index (κ1) is 17.8. The van der Waals surface area contributed by atoms with Crippen molar-refractivity contribution in [3.05, 3.63) is 76.2 Å². The second-order valence-corrected chi connectivity index (χ2v) is 7.62. The Hall–Kier alpha value is -2.64. The van der Waals surface area contributed by atoms with Crippen LogP contribution in [0, 0.1) is 11.6 Å². The molecule has 2 aromatic carbocycles. The summed E-state index contributed by atoms with van der Waals surface area (Å²) in [6.07, 6.45) is 1.71. The van der Waals surface area contributed by atoms with E-state index in [1.807, 2.05) is 19.2 Å². The van der Waals surface area contributed by atoms with Crippen LogP contribution < -0.4 is 10.3 Å². The highest BCUT2D eigenvalue weighted by atomic mass is 32.2. The lowest BCUT2D eigenvalue weighted by Crippen LogP contribution is -2.14. The average Bonchev–Trinajstić information content (AvgIpc) is 2.98. The quantitative estimate of drug-likeness (QED) is 0.618. The number of pyridine rings is 1. The number of aromatic nitrogens is 1. The number of fused-ring (bicyclic) bond motifs is 1. The van der Waals surface area contributed by atoms with E-state index in [-0.39, 0.29) is 11.3 Å². The van der Waals surface area contributed by atoms with Crippen molar-refractivity contribution in [1.29, 1.82) is 0 Å². The molecule has 2 heterocycles. The van der Waals surface area contributed by atoms with Crippen LogP contribution in [0.5, 0.6) is 11.5 Å². The van der Waals surface area contributed by atoms with Crippen molar-refractivity contribution >= 4 is 11.9 Å². The zero-order valence-corrected chi connectivity index (χ0v) is 15.5. The number of benzene rings is 2. The van der Waals surface area contributed by atoms with E-state index in [2.05, 4.69) is 4.31 Å². The maximum absolute atomic E-state index is 14.1. The average molecular weight is 386 g/mol. The van der Waals surface area contributed by atoms with Crippen LogP contribution in [0.25, 0.3) is 11.1 Å². The van der Waals surface area contributed by atoms with Gasteiger partial charge < -0.3 is 9.30 Å². The summed E-state index contributed by atoms with van der Waals surface area (Å²) in [7, 11) is 3.65. The summed E-state index contributed by atoms with van der Waals surface area (Å²) in [5, 5.41) is 0. The highest BCUT2D eigenvalue weighted by Crippen LogP contribution is 2.43. The fraction of sp³-hybridized carbons (Fsp3) is 0.150. The Morgan fingerprint density at radius 1 is 1.04 bits per heavy atom. The molecule has 3 aromatic rings. The molecule has 0 fully saturated rings. The van der Waals surface area contributed by atoms with Crippen molar-refractivity contribution in [2.24, 2.45) is 7.05 Å². The Kier molecular flexibility index (Phi) is 4.49. The van der Waals surface area contributed by atoms with Gasteiger partial charge in [-0.3, -0.25) is 4.79 Å². The Morgan fingerprint density at radius 3 is 2.59 bits per heavy atom. The Labute approximate surface area is 159 Å². The second kappa shape index (κ2) is 6.83. The van der Waals surface area contributed by atoms with Gasteiger partial charge in [-0.2, -0.15) is 0 Å². The smallest absolute Gasteiger partial charge is 0.250 e. The number of hydrogen-bond donors (Lipinski definition) is 0. The first-order chi connectivity index (χ1) is 12.9. The van der Waals surface area contributed by atoms with Gasteiger partial charge in [-0.05, 0) is 54.9 Å². The molecular formula is C20H16F2N2O2S. The molecule has 0 aliphatic carbocycles. The van der Waals surface area contributed by atoms with Crippen molar-refractivity contribution < 1.29 is 13.5 Å². The van der Waals surface area contributed by atoms with Gasteiger partial charge in [-0.15, -0.1) is 0 Å². The molecule has 138 valence electrons. The SMILES string of the molecule is CN1Cc2cc(Oc3ccc(F)cc3F)c(-c3ccc(=O)n(C)c3)cc2S1. The number of hydrogen-bond acceptors (Lipinski definition) is 4. The van der Waals surface area contributed by atoms with Crippen LogP contribution in [-0.4, -0.2) is 15.9 Å². The Morgan fingerprint density at radius 2 is 1.85 bits per heavy atom. The third-order valence-electron chi connectivity index (χ3n) is 4.32. The van der Waals surface area contributed by atoms with E-state index >= 15 is 0 Å². The van der Waals surface area contributed by atoms with Gasteiger partial charge >= 0.3 is 0 Å². The second-order valence-electron chi connectivity index (χ2n) is 6.38. The molecule has 0 bridgehead atoms. The summed E-state index contributed by atoms with van der Waals surface area (Å²) >= 11 is 1.61. The fourth-order valence-corrected chi connectivity index (χ4v) is 3.94. The van der Waals surface area contributed by atoms with Gasteiger partial charge in [-0.25, -0.2) is 13.1 Å². The van der Waals surface area contributed by atoms with Gasteiger partial charge in [0, 0.05) is 47.9 Å². The lowest BCUT2D eigenvalue weighted by atomic mass is 10.0. The first-order valence-electron chi connectivity index (χ1n) is 8.27. The van der Waals surface area contributed by atoms with Crippen LogP contribution in [0.15, 0.2) is 58.4 Å². The van der Waals surface area contributed by atoms with Gasteiger partial charge in [0.15, 0.2) is 11.6 Å². The third kappa shape index (κ3) is 3.48. The number of aryl methyl sites for hydroxylation is 1. The number of halogens is 2. The molecule has 0 radical (unpaired) electrons. The van der Waals surface area contributed by atoms with Crippen LogP contribution >= 0.6 is 11.9 Å². The molecule has 1 aromatic heterocycles. The number of nitrogens with zero attached hydrogens (tertiary/aromatic N) is 2. The molecule has 4 rings (SSSR count). The number of ether oxygens (including phenoxy) is 1. The van der Waals surface area contributed by atoms with Crippen molar-refractivity contribution in [2.45, 2.75) is 11.4 Å². The van der Waals surface area contributed by atoms with Gasteiger partial charge in [0.1, 0.15) is 11.6 Å². The van der Waals surface area contributed by atoms with Crippen molar-refractivity contribution in [3.63, 3.8) is 0 Å². The van der Waals surface area contributed by atoms with Gasteiger partial charge in [0.2, 0.25) is 5.56 Å². The fourth-order valence-electron chi connectivity index (χ4n) is 2.99. The number of rotatable bonds is 3. The normalized spacial score (nSPS) is 13.6. The van der Waals surface area contributed by atoms with Crippen molar-refractivity contribution in [1.82, 2.24) is 8.87 Å². The molecular weight excluding hydrogens is 370 g/mol. The lowest BCUT2D eigenvalue weighted by molar-refractivity contribution is 0.437. The van der Waals surface area contributed by atoms with E-state index in [4.69, 9.17) is 4.74 Å². The van der Waals surface area contributed by atoms with Crippen molar-refractivity contribution in [3.8, 4) is 22.6 Å². The maximum Gasteiger partial charge on any atom is 0.250 e. The van der Waals surface area contributed by atoms with E-state index < -0.39 is 11.6 Å². The highest BCUT2D eigenvalue weighted by Gasteiger charge is 2.22. The predicted molar refractivity (Wildman–Crippen MR) is 101 cm³/mol. The summed E-state index contributed by atoms with van der Waals surface area (Å²) in [6.45, 7) is 0.732. The monoisotopic (exact) mass is 386 g/mol. The molecule has 0 amide bonds. The standard InChI is InChI=1S/C20H16F2N2O2S/c1-23-10-12(3-6-20(23)25)15-9-19-13(11-24(2)27-19)7-18(15)26-17-5-4-14(21)8-16(17)22/h3-10H,11H2,1-2H3. The van der Waals surface area contributed by atoms with E-state index in [9.17, 15) is 13.6 Å². The first-order valence-corrected chi connectivity index (χ1v) is 9.04. The molecule has 1 aliphatic heterocycles. The molecule has 1 aliphatic rings. The zero-order valence-electron chi connectivity index (χ0n) is 14.7.